The fourth-order valence-corrected chi connectivity index (χ4v) is 2.49. The minimum absolute atomic E-state index is 0.101. The first kappa shape index (κ1) is 17.7. The van der Waals surface area contributed by atoms with Crippen molar-refractivity contribution in [3.63, 3.8) is 0 Å². The van der Waals surface area contributed by atoms with Gasteiger partial charge in [-0.05, 0) is 36.4 Å². The van der Waals surface area contributed by atoms with E-state index in [1.807, 2.05) is 6.07 Å². The van der Waals surface area contributed by atoms with E-state index in [0.717, 1.165) is 4.73 Å². The largest absolute Gasteiger partial charge is 0.406 e. The number of rotatable bonds is 5. The molecule has 0 unspecified atom stereocenters. The van der Waals surface area contributed by atoms with Crippen molar-refractivity contribution in [2.24, 2.45) is 0 Å². The molecule has 132 valence electrons. The van der Waals surface area contributed by atoms with Crippen LogP contribution in [0.1, 0.15) is 15.9 Å². The predicted octanol–water partition coefficient (Wildman–Crippen LogP) is 3.52. The van der Waals surface area contributed by atoms with Gasteiger partial charge >= 0.3 is 0 Å². The van der Waals surface area contributed by atoms with E-state index in [4.69, 9.17) is 16.4 Å². The third kappa shape index (κ3) is 3.92. The lowest BCUT2D eigenvalue weighted by atomic mass is 10.2. The lowest BCUT2D eigenvalue weighted by molar-refractivity contribution is 0.0847. The average Bonchev–Trinajstić information content (AvgIpc) is 2.63. The molecule has 1 heterocycles. The van der Waals surface area contributed by atoms with E-state index in [-0.39, 0.29) is 22.8 Å². The number of para-hydroxylation sites is 1. The molecule has 0 aliphatic heterocycles. The molecule has 2 aromatic carbocycles. The molecule has 0 radical (unpaired) electrons. The van der Waals surface area contributed by atoms with Crippen LogP contribution >= 0.6 is 11.6 Å². The van der Waals surface area contributed by atoms with Gasteiger partial charge < -0.3 is 10.2 Å². The molecule has 0 spiro atoms. The smallest absolute Gasteiger partial charge is 0.295 e. The van der Waals surface area contributed by atoms with Crippen molar-refractivity contribution in [1.82, 2.24) is 4.73 Å². The number of nitrogens with zero attached hydrogens (tertiary/aromatic N) is 1. The number of anilines is 1. The van der Waals surface area contributed by atoms with Gasteiger partial charge in [-0.3, -0.25) is 9.59 Å². The maximum atomic E-state index is 13.8. The Morgan fingerprint density at radius 1 is 1.08 bits per heavy atom. The van der Waals surface area contributed by atoms with Crippen LogP contribution in [0.15, 0.2) is 71.7 Å². The van der Waals surface area contributed by atoms with Gasteiger partial charge in [0.15, 0.2) is 0 Å². The van der Waals surface area contributed by atoms with E-state index < -0.39 is 17.3 Å². The third-order valence-corrected chi connectivity index (χ3v) is 3.95. The Labute approximate surface area is 153 Å². The van der Waals surface area contributed by atoms with Crippen LogP contribution in [-0.4, -0.2) is 10.6 Å². The molecule has 3 aromatic rings. The highest BCUT2D eigenvalue weighted by atomic mass is 35.5. The zero-order valence-electron chi connectivity index (χ0n) is 13.5. The monoisotopic (exact) mass is 372 g/mol. The Bertz CT molecular complexity index is 969. The molecule has 0 bridgehead atoms. The van der Waals surface area contributed by atoms with Crippen molar-refractivity contribution in [2.75, 3.05) is 5.32 Å². The van der Waals surface area contributed by atoms with Gasteiger partial charge in [-0.15, -0.1) is 0 Å². The molecular weight excluding hydrogens is 359 g/mol. The molecule has 0 aliphatic carbocycles. The zero-order valence-corrected chi connectivity index (χ0v) is 14.2. The van der Waals surface area contributed by atoms with Gasteiger partial charge in [0.05, 0.1) is 5.02 Å². The van der Waals surface area contributed by atoms with Crippen LogP contribution in [0.2, 0.25) is 5.02 Å². The van der Waals surface area contributed by atoms with Crippen LogP contribution in [-0.2, 0) is 6.61 Å². The van der Waals surface area contributed by atoms with Crippen LogP contribution in [0, 0.1) is 5.82 Å². The fourth-order valence-electron chi connectivity index (χ4n) is 2.27. The quantitative estimate of drug-likeness (QED) is 0.745. The van der Waals surface area contributed by atoms with Crippen molar-refractivity contribution in [2.45, 2.75) is 6.61 Å². The molecule has 0 atom stereocenters. The van der Waals surface area contributed by atoms with Crippen LogP contribution in [0.3, 0.4) is 0 Å². The summed E-state index contributed by atoms with van der Waals surface area (Å²) >= 11 is 5.94. The first-order valence-corrected chi connectivity index (χ1v) is 8.08. The van der Waals surface area contributed by atoms with Crippen LogP contribution in [0.5, 0.6) is 0 Å². The van der Waals surface area contributed by atoms with Gasteiger partial charge in [-0.2, -0.15) is 4.73 Å². The number of pyridine rings is 1. The van der Waals surface area contributed by atoms with Crippen LogP contribution in [0.4, 0.5) is 10.1 Å². The summed E-state index contributed by atoms with van der Waals surface area (Å²) < 4.78 is 14.7. The van der Waals surface area contributed by atoms with Crippen molar-refractivity contribution in [3.8, 4) is 0 Å². The zero-order chi connectivity index (χ0) is 18.5. The summed E-state index contributed by atoms with van der Waals surface area (Å²) in [6, 6.07) is 15.9. The fraction of sp³-hybridized carbons (Fsp3) is 0.0526. The summed E-state index contributed by atoms with van der Waals surface area (Å²) in [5, 5.41) is 2.82. The highest BCUT2D eigenvalue weighted by Gasteiger charge is 2.14. The maximum Gasteiger partial charge on any atom is 0.295 e. The van der Waals surface area contributed by atoms with Crippen LogP contribution < -0.4 is 15.7 Å². The molecule has 26 heavy (non-hydrogen) atoms. The molecule has 0 saturated heterocycles. The number of carbonyl (C=O) groups is 1. The lowest BCUT2D eigenvalue weighted by Crippen LogP contribution is -2.32. The van der Waals surface area contributed by atoms with Crippen molar-refractivity contribution in [3.05, 3.63) is 99.2 Å². The topological polar surface area (TPSA) is 60.3 Å². The SMILES string of the molecule is O=C(Nc1ccccc1)c1cccn(OCc2c(F)cccc2Cl)c1=O. The Kier molecular flexibility index (Phi) is 5.34. The van der Waals surface area contributed by atoms with Crippen LogP contribution in [0.25, 0.3) is 0 Å². The minimum Gasteiger partial charge on any atom is -0.406 e. The number of amides is 1. The van der Waals surface area contributed by atoms with Gasteiger partial charge in [0.2, 0.25) is 0 Å². The van der Waals surface area contributed by atoms with E-state index >= 15 is 0 Å². The van der Waals surface area contributed by atoms with Gasteiger partial charge in [-0.25, -0.2) is 4.39 Å². The molecule has 3 rings (SSSR count). The van der Waals surface area contributed by atoms with Gasteiger partial charge in [0, 0.05) is 17.4 Å². The molecular formula is C19H14ClFN2O3. The first-order chi connectivity index (χ1) is 12.6. The number of nitrogens with one attached hydrogen (secondary N) is 1. The number of hydrogen-bond donors (Lipinski definition) is 1. The Morgan fingerprint density at radius 3 is 2.58 bits per heavy atom. The van der Waals surface area contributed by atoms with Gasteiger partial charge in [-0.1, -0.05) is 35.9 Å². The molecule has 0 saturated carbocycles. The van der Waals surface area contributed by atoms with E-state index in [9.17, 15) is 14.0 Å². The molecule has 1 aromatic heterocycles. The molecule has 0 aliphatic rings. The normalized spacial score (nSPS) is 10.4. The van der Waals surface area contributed by atoms with Gasteiger partial charge in [0.25, 0.3) is 11.5 Å². The number of benzene rings is 2. The number of hydrogen-bond acceptors (Lipinski definition) is 3. The summed E-state index contributed by atoms with van der Waals surface area (Å²) in [6.07, 6.45) is 1.34. The maximum absolute atomic E-state index is 13.8. The van der Waals surface area contributed by atoms with Gasteiger partial charge in [0.1, 0.15) is 18.0 Å². The number of carbonyl (C=O) groups excluding carboxylic acids is 1. The Hall–Kier alpha value is -3.12. The first-order valence-electron chi connectivity index (χ1n) is 7.70. The number of aromatic nitrogens is 1. The standard InChI is InChI=1S/C19H14ClFN2O3/c20-16-9-4-10-17(21)15(16)12-26-23-11-5-8-14(19(23)25)18(24)22-13-6-2-1-3-7-13/h1-11H,12H2,(H,22,24). The number of halogens is 2. The van der Waals surface area contributed by atoms with E-state index in [2.05, 4.69) is 5.32 Å². The summed E-state index contributed by atoms with van der Waals surface area (Å²) in [5.74, 6) is -1.11. The average molecular weight is 373 g/mol. The molecule has 1 N–H and O–H groups in total. The lowest BCUT2D eigenvalue weighted by Gasteiger charge is -2.11. The summed E-state index contributed by atoms with van der Waals surface area (Å²) in [6.45, 7) is -0.255. The van der Waals surface area contributed by atoms with E-state index in [0.29, 0.717) is 5.69 Å². The second-order valence-electron chi connectivity index (χ2n) is 5.35. The second-order valence-corrected chi connectivity index (χ2v) is 5.75. The van der Waals surface area contributed by atoms with Crippen molar-refractivity contribution >= 4 is 23.2 Å². The summed E-state index contributed by atoms with van der Waals surface area (Å²) in [4.78, 5) is 30.1. The Morgan fingerprint density at radius 2 is 1.85 bits per heavy atom. The summed E-state index contributed by atoms with van der Waals surface area (Å²) in [7, 11) is 0. The molecule has 7 heteroatoms. The van der Waals surface area contributed by atoms with Crippen molar-refractivity contribution < 1.29 is 14.0 Å². The highest BCUT2D eigenvalue weighted by Crippen LogP contribution is 2.18. The third-order valence-electron chi connectivity index (χ3n) is 3.60. The second kappa shape index (κ2) is 7.84. The predicted molar refractivity (Wildman–Crippen MR) is 96.8 cm³/mol. The molecule has 0 fully saturated rings. The molecule has 5 nitrogen and oxygen atoms in total. The molecule has 1 amide bonds. The Balaban J connectivity index is 1.79. The van der Waals surface area contributed by atoms with E-state index in [1.54, 1.807) is 24.3 Å². The minimum atomic E-state index is -0.659. The van der Waals surface area contributed by atoms with Crippen molar-refractivity contribution in [1.29, 1.82) is 0 Å². The highest BCUT2D eigenvalue weighted by molar-refractivity contribution is 6.31. The summed E-state index contributed by atoms with van der Waals surface area (Å²) in [5.41, 5.74) is -0.0732. The van der Waals surface area contributed by atoms with E-state index in [1.165, 1.54) is 36.5 Å².